The third-order valence-corrected chi connectivity index (χ3v) is 4.31. The normalized spacial score (nSPS) is 10.6. The summed E-state index contributed by atoms with van der Waals surface area (Å²) in [5.74, 6) is 0.467. The Kier molecular flexibility index (Phi) is 9.84. The maximum absolute atomic E-state index is 12.4. The number of carbonyl (C=O) groups excluding carboxylic acids is 2. The molecule has 0 bridgehead atoms. The molecule has 0 aromatic heterocycles. The standard InChI is InChI=1S/C24H32N2O5/c1-5-29-21-12-11-20(13-22(21)30-6-2)24(28)26-15-23(27)25-14-18-7-9-19(10-8-18)16-31-17(3)4/h7-13,17H,5-6,14-16H2,1-4H3,(H,25,27)(H,26,28). The number of amides is 2. The molecule has 7 nitrogen and oxygen atoms in total. The molecule has 0 heterocycles. The molecule has 0 aliphatic carbocycles. The second-order valence-electron chi connectivity index (χ2n) is 7.16. The lowest BCUT2D eigenvalue weighted by molar-refractivity contribution is -0.120. The number of ether oxygens (including phenoxy) is 3. The molecule has 168 valence electrons. The Morgan fingerprint density at radius 1 is 0.871 bits per heavy atom. The summed E-state index contributed by atoms with van der Waals surface area (Å²) in [6.45, 7) is 9.53. The number of hydrogen-bond acceptors (Lipinski definition) is 5. The average Bonchev–Trinajstić information content (AvgIpc) is 2.76. The zero-order valence-corrected chi connectivity index (χ0v) is 18.7. The van der Waals surface area contributed by atoms with Gasteiger partial charge < -0.3 is 24.8 Å². The second-order valence-corrected chi connectivity index (χ2v) is 7.16. The highest BCUT2D eigenvalue weighted by atomic mass is 16.5. The Balaban J connectivity index is 1.81. The SMILES string of the molecule is CCOc1ccc(C(=O)NCC(=O)NCc2ccc(COC(C)C)cc2)cc1OCC. The van der Waals surface area contributed by atoms with Crippen molar-refractivity contribution in [1.29, 1.82) is 0 Å². The van der Waals surface area contributed by atoms with Crippen LogP contribution in [-0.4, -0.2) is 37.7 Å². The molecule has 2 aromatic carbocycles. The van der Waals surface area contributed by atoms with Gasteiger partial charge in [-0.25, -0.2) is 0 Å². The molecular formula is C24H32N2O5. The topological polar surface area (TPSA) is 85.9 Å². The van der Waals surface area contributed by atoms with E-state index in [4.69, 9.17) is 14.2 Å². The highest BCUT2D eigenvalue weighted by Crippen LogP contribution is 2.28. The lowest BCUT2D eigenvalue weighted by Gasteiger charge is -2.12. The van der Waals surface area contributed by atoms with Crippen LogP contribution in [0.15, 0.2) is 42.5 Å². The van der Waals surface area contributed by atoms with Gasteiger partial charge in [-0.15, -0.1) is 0 Å². The highest BCUT2D eigenvalue weighted by Gasteiger charge is 2.12. The minimum absolute atomic E-state index is 0.115. The van der Waals surface area contributed by atoms with Gasteiger partial charge in [-0.2, -0.15) is 0 Å². The van der Waals surface area contributed by atoms with Gasteiger partial charge in [-0.05, 0) is 57.0 Å². The molecule has 31 heavy (non-hydrogen) atoms. The fourth-order valence-corrected chi connectivity index (χ4v) is 2.73. The largest absolute Gasteiger partial charge is 0.490 e. The highest BCUT2D eigenvalue weighted by molar-refractivity contribution is 5.97. The molecule has 0 atom stereocenters. The zero-order chi connectivity index (χ0) is 22.6. The van der Waals surface area contributed by atoms with E-state index in [9.17, 15) is 9.59 Å². The van der Waals surface area contributed by atoms with Crippen molar-refractivity contribution >= 4 is 11.8 Å². The molecule has 0 unspecified atom stereocenters. The predicted molar refractivity (Wildman–Crippen MR) is 119 cm³/mol. The first kappa shape index (κ1) is 24.2. The van der Waals surface area contributed by atoms with Gasteiger partial charge in [0.15, 0.2) is 11.5 Å². The summed E-state index contributed by atoms with van der Waals surface area (Å²) in [5.41, 5.74) is 2.46. The lowest BCUT2D eigenvalue weighted by atomic mass is 10.1. The van der Waals surface area contributed by atoms with Crippen molar-refractivity contribution in [3.63, 3.8) is 0 Å². The van der Waals surface area contributed by atoms with E-state index in [2.05, 4.69) is 10.6 Å². The van der Waals surface area contributed by atoms with Crippen LogP contribution in [0.25, 0.3) is 0 Å². The van der Waals surface area contributed by atoms with E-state index >= 15 is 0 Å². The number of rotatable bonds is 12. The summed E-state index contributed by atoms with van der Waals surface area (Å²) < 4.78 is 16.6. The summed E-state index contributed by atoms with van der Waals surface area (Å²) in [4.78, 5) is 24.5. The number of benzene rings is 2. The Bertz CT molecular complexity index is 850. The van der Waals surface area contributed by atoms with E-state index in [1.807, 2.05) is 52.0 Å². The molecule has 0 fully saturated rings. The average molecular weight is 429 g/mol. The van der Waals surface area contributed by atoms with Crippen LogP contribution in [0.2, 0.25) is 0 Å². The van der Waals surface area contributed by atoms with Gasteiger partial charge in [-0.3, -0.25) is 9.59 Å². The zero-order valence-electron chi connectivity index (χ0n) is 18.7. The molecule has 0 saturated carbocycles. The lowest BCUT2D eigenvalue weighted by Crippen LogP contribution is -2.36. The Labute approximate surface area is 184 Å². The third kappa shape index (κ3) is 8.30. The summed E-state index contributed by atoms with van der Waals surface area (Å²) in [7, 11) is 0. The van der Waals surface area contributed by atoms with Crippen LogP contribution in [0.4, 0.5) is 0 Å². The molecule has 0 aliphatic heterocycles. The van der Waals surface area contributed by atoms with Crippen molar-refractivity contribution in [2.45, 2.75) is 47.0 Å². The van der Waals surface area contributed by atoms with Crippen LogP contribution < -0.4 is 20.1 Å². The number of carbonyl (C=O) groups is 2. The molecule has 0 saturated heterocycles. The summed E-state index contributed by atoms with van der Waals surface area (Å²) in [5, 5.41) is 5.43. The smallest absolute Gasteiger partial charge is 0.251 e. The van der Waals surface area contributed by atoms with Gasteiger partial charge in [0.2, 0.25) is 5.91 Å². The quantitative estimate of drug-likeness (QED) is 0.541. The molecule has 2 aromatic rings. The van der Waals surface area contributed by atoms with Gasteiger partial charge in [0, 0.05) is 12.1 Å². The van der Waals surface area contributed by atoms with Crippen LogP contribution in [0.3, 0.4) is 0 Å². The summed E-state index contributed by atoms with van der Waals surface area (Å²) in [6.07, 6.45) is 0.183. The van der Waals surface area contributed by atoms with Crippen LogP contribution in [0.1, 0.15) is 49.2 Å². The van der Waals surface area contributed by atoms with Gasteiger partial charge in [-0.1, -0.05) is 24.3 Å². The van der Waals surface area contributed by atoms with Crippen molar-refractivity contribution in [2.24, 2.45) is 0 Å². The molecule has 0 aliphatic rings. The first-order valence-electron chi connectivity index (χ1n) is 10.6. The van der Waals surface area contributed by atoms with Gasteiger partial charge in [0.25, 0.3) is 5.91 Å². The van der Waals surface area contributed by atoms with Crippen molar-refractivity contribution in [2.75, 3.05) is 19.8 Å². The molecule has 2 rings (SSSR count). The van der Waals surface area contributed by atoms with Crippen molar-refractivity contribution in [3.05, 3.63) is 59.2 Å². The van der Waals surface area contributed by atoms with Crippen LogP contribution in [-0.2, 0) is 22.7 Å². The molecular weight excluding hydrogens is 396 g/mol. The van der Waals surface area contributed by atoms with E-state index in [0.29, 0.717) is 43.4 Å². The van der Waals surface area contributed by atoms with Crippen LogP contribution in [0.5, 0.6) is 11.5 Å². The van der Waals surface area contributed by atoms with E-state index in [1.54, 1.807) is 18.2 Å². The van der Waals surface area contributed by atoms with E-state index in [-0.39, 0.29) is 24.5 Å². The van der Waals surface area contributed by atoms with Gasteiger partial charge in [0.1, 0.15) is 0 Å². The third-order valence-electron chi connectivity index (χ3n) is 4.31. The minimum atomic E-state index is -0.353. The van der Waals surface area contributed by atoms with Crippen molar-refractivity contribution in [3.8, 4) is 11.5 Å². The summed E-state index contributed by atoms with van der Waals surface area (Å²) >= 11 is 0. The van der Waals surface area contributed by atoms with E-state index < -0.39 is 0 Å². The van der Waals surface area contributed by atoms with Crippen LogP contribution >= 0.6 is 0 Å². The Hall–Kier alpha value is -3.06. The Morgan fingerprint density at radius 3 is 2.16 bits per heavy atom. The Morgan fingerprint density at radius 2 is 1.52 bits per heavy atom. The van der Waals surface area contributed by atoms with E-state index in [0.717, 1.165) is 11.1 Å². The maximum atomic E-state index is 12.4. The maximum Gasteiger partial charge on any atom is 0.251 e. The fourth-order valence-electron chi connectivity index (χ4n) is 2.73. The molecule has 2 amide bonds. The molecule has 0 spiro atoms. The first-order valence-corrected chi connectivity index (χ1v) is 10.6. The van der Waals surface area contributed by atoms with Gasteiger partial charge in [0.05, 0.1) is 32.5 Å². The molecule has 2 N–H and O–H groups in total. The van der Waals surface area contributed by atoms with E-state index in [1.165, 1.54) is 0 Å². The van der Waals surface area contributed by atoms with Gasteiger partial charge >= 0.3 is 0 Å². The summed E-state index contributed by atoms with van der Waals surface area (Å²) in [6, 6.07) is 12.8. The molecule has 7 heteroatoms. The number of hydrogen-bond donors (Lipinski definition) is 2. The number of nitrogens with one attached hydrogen (secondary N) is 2. The molecule has 0 radical (unpaired) electrons. The van der Waals surface area contributed by atoms with Crippen molar-refractivity contribution in [1.82, 2.24) is 10.6 Å². The van der Waals surface area contributed by atoms with Crippen LogP contribution in [0, 0.1) is 0 Å². The predicted octanol–water partition coefficient (Wildman–Crippen LogP) is 3.46. The minimum Gasteiger partial charge on any atom is -0.490 e. The van der Waals surface area contributed by atoms with Crippen molar-refractivity contribution < 1.29 is 23.8 Å². The first-order chi connectivity index (χ1) is 14.9. The second kappa shape index (κ2) is 12.6. The monoisotopic (exact) mass is 428 g/mol. The fraction of sp³-hybridized carbons (Fsp3) is 0.417.